The van der Waals surface area contributed by atoms with Crippen LogP contribution in [-0.2, 0) is 0 Å². The number of ether oxygens (including phenoxy) is 1. The molecule has 1 aromatic carbocycles. The van der Waals surface area contributed by atoms with Crippen LogP contribution in [-0.4, -0.2) is 18.6 Å². The molecule has 4 heteroatoms. The molecule has 19 heavy (non-hydrogen) atoms. The molecule has 0 spiro atoms. The van der Waals surface area contributed by atoms with E-state index in [9.17, 15) is 0 Å². The van der Waals surface area contributed by atoms with Crippen LogP contribution in [0.2, 0.25) is 0 Å². The fraction of sp³-hybridized carbons (Fsp3) is 0.400. The van der Waals surface area contributed by atoms with Gasteiger partial charge in [-0.1, -0.05) is 18.2 Å². The molecule has 1 aliphatic rings. The van der Waals surface area contributed by atoms with E-state index in [2.05, 4.69) is 29.8 Å². The molecule has 3 nitrogen and oxygen atoms in total. The van der Waals surface area contributed by atoms with Crippen LogP contribution < -0.4 is 10.1 Å². The lowest BCUT2D eigenvalue weighted by atomic mass is 9.94. The summed E-state index contributed by atoms with van der Waals surface area (Å²) in [7, 11) is 1.97. The first-order chi connectivity index (χ1) is 9.29. The zero-order valence-corrected chi connectivity index (χ0v) is 12.0. The van der Waals surface area contributed by atoms with Crippen molar-refractivity contribution in [2.24, 2.45) is 0 Å². The zero-order valence-electron chi connectivity index (χ0n) is 11.2. The van der Waals surface area contributed by atoms with E-state index < -0.39 is 0 Å². The summed E-state index contributed by atoms with van der Waals surface area (Å²) >= 11 is 1.76. The Bertz CT molecular complexity index is 567. The molecule has 1 aliphatic heterocycles. The maximum Gasteiger partial charge on any atom is 0.123 e. The molecule has 0 saturated carbocycles. The minimum Gasteiger partial charge on any atom is -0.493 e. The second-order valence-electron chi connectivity index (χ2n) is 4.85. The highest BCUT2D eigenvalue weighted by Crippen LogP contribution is 2.39. The van der Waals surface area contributed by atoms with Gasteiger partial charge in [-0.25, -0.2) is 4.98 Å². The van der Waals surface area contributed by atoms with Crippen molar-refractivity contribution < 1.29 is 4.74 Å². The highest BCUT2D eigenvalue weighted by molar-refractivity contribution is 7.09. The number of nitrogens with zero attached hydrogens (tertiary/aromatic N) is 1. The molecule has 0 bridgehead atoms. The summed E-state index contributed by atoms with van der Waals surface area (Å²) in [5.74, 6) is 1.39. The van der Waals surface area contributed by atoms with E-state index in [0.717, 1.165) is 24.5 Å². The normalized spacial score (nSPS) is 19.6. The molecule has 3 rings (SSSR count). The maximum absolute atomic E-state index is 5.72. The quantitative estimate of drug-likeness (QED) is 0.932. The Labute approximate surface area is 117 Å². The van der Waals surface area contributed by atoms with Gasteiger partial charge in [-0.05, 0) is 26.5 Å². The largest absolute Gasteiger partial charge is 0.493 e. The average Bonchev–Trinajstić information content (AvgIpc) is 2.95. The molecule has 2 unspecified atom stereocenters. The monoisotopic (exact) mass is 274 g/mol. The summed E-state index contributed by atoms with van der Waals surface area (Å²) < 4.78 is 5.72. The van der Waals surface area contributed by atoms with Gasteiger partial charge in [0.05, 0.1) is 12.3 Å². The third-order valence-corrected chi connectivity index (χ3v) is 4.65. The van der Waals surface area contributed by atoms with Crippen LogP contribution in [0, 0.1) is 0 Å². The van der Waals surface area contributed by atoms with Gasteiger partial charge in [0.1, 0.15) is 10.8 Å². The lowest BCUT2D eigenvalue weighted by Crippen LogP contribution is -2.16. The number of nitrogens with one attached hydrogen (secondary N) is 1. The Hall–Kier alpha value is -1.39. The van der Waals surface area contributed by atoms with Crippen molar-refractivity contribution in [1.29, 1.82) is 0 Å². The van der Waals surface area contributed by atoms with Gasteiger partial charge in [-0.3, -0.25) is 0 Å². The Morgan fingerprint density at radius 1 is 1.42 bits per heavy atom. The Morgan fingerprint density at radius 2 is 2.26 bits per heavy atom. The number of hydrogen-bond donors (Lipinski definition) is 1. The molecule has 0 fully saturated rings. The van der Waals surface area contributed by atoms with Gasteiger partial charge in [0.25, 0.3) is 0 Å². The molecule has 1 aromatic heterocycles. The van der Waals surface area contributed by atoms with E-state index in [4.69, 9.17) is 9.72 Å². The van der Waals surface area contributed by atoms with Crippen molar-refractivity contribution in [3.05, 3.63) is 45.9 Å². The van der Waals surface area contributed by atoms with Crippen LogP contribution in [0.4, 0.5) is 0 Å². The van der Waals surface area contributed by atoms with Gasteiger partial charge < -0.3 is 10.1 Å². The predicted molar refractivity (Wildman–Crippen MR) is 78.0 cm³/mol. The lowest BCUT2D eigenvalue weighted by molar-refractivity contribution is 0.276. The molecule has 2 heterocycles. The van der Waals surface area contributed by atoms with E-state index >= 15 is 0 Å². The van der Waals surface area contributed by atoms with Crippen LogP contribution in [0.25, 0.3) is 0 Å². The lowest BCUT2D eigenvalue weighted by Gasteiger charge is -2.24. The topological polar surface area (TPSA) is 34.1 Å². The summed E-state index contributed by atoms with van der Waals surface area (Å²) in [6, 6.07) is 8.61. The first-order valence-electron chi connectivity index (χ1n) is 6.64. The summed E-state index contributed by atoms with van der Waals surface area (Å²) in [6.45, 7) is 2.91. The van der Waals surface area contributed by atoms with Crippen LogP contribution in [0.5, 0.6) is 5.75 Å². The van der Waals surface area contributed by atoms with Crippen LogP contribution >= 0.6 is 11.3 Å². The number of para-hydroxylation sites is 1. The molecule has 0 amide bonds. The number of benzene rings is 1. The predicted octanol–water partition coefficient (Wildman–Crippen LogP) is 3.34. The SMILES string of the molecule is CNC(C)c1csc(C2CCOc3ccccc32)n1. The highest BCUT2D eigenvalue weighted by atomic mass is 32.1. The second-order valence-corrected chi connectivity index (χ2v) is 5.74. The minimum absolute atomic E-state index is 0.306. The van der Waals surface area contributed by atoms with Crippen molar-refractivity contribution in [2.45, 2.75) is 25.3 Å². The number of thiazole rings is 1. The van der Waals surface area contributed by atoms with Gasteiger partial charge in [0.2, 0.25) is 0 Å². The zero-order chi connectivity index (χ0) is 13.2. The molecule has 0 radical (unpaired) electrons. The number of rotatable bonds is 3. The summed E-state index contributed by atoms with van der Waals surface area (Å²) in [5.41, 5.74) is 2.40. The Morgan fingerprint density at radius 3 is 3.11 bits per heavy atom. The minimum atomic E-state index is 0.306. The number of aromatic nitrogens is 1. The smallest absolute Gasteiger partial charge is 0.123 e. The Balaban J connectivity index is 1.93. The van der Waals surface area contributed by atoms with Crippen molar-refractivity contribution >= 4 is 11.3 Å². The molecule has 100 valence electrons. The molecular formula is C15H18N2OS. The maximum atomic E-state index is 5.72. The van der Waals surface area contributed by atoms with E-state index in [1.54, 1.807) is 11.3 Å². The van der Waals surface area contributed by atoms with Gasteiger partial charge >= 0.3 is 0 Å². The first-order valence-corrected chi connectivity index (χ1v) is 7.52. The van der Waals surface area contributed by atoms with Gasteiger partial charge in [0.15, 0.2) is 0 Å². The molecular weight excluding hydrogens is 256 g/mol. The average molecular weight is 274 g/mol. The highest BCUT2D eigenvalue weighted by Gasteiger charge is 2.25. The molecule has 0 aliphatic carbocycles. The summed E-state index contributed by atoms with van der Waals surface area (Å²) in [5, 5.41) is 6.60. The van der Waals surface area contributed by atoms with E-state index in [-0.39, 0.29) is 0 Å². The van der Waals surface area contributed by atoms with Gasteiger partial charge in [0, 0.05) is 22.9 Å². The van der Waals surface area contributed by atoms with Crippen molar-refractivity contribution in [1.82, 2.24) is 10.3 Å². The fourth-order valence-electron chi connectivity index (χ4n) is 2.41. The van der Waals surface area contributed by atoms with Gasteiger partial charge in [-0.15, -0.1) is 11.3 Å². The standard InChI is InChI=1S/C15H18N2OS/c1-10(16-2)13-9-19-15(17-13)12-7-8-18-14-6-4-3-5-11(12)14/h3-6,9-10,12,16H,7-8H2,1-2H3. The van der Waals surface area contributed by atoms with Crippen LogP contribution in [0.1, 0.15) is 41.6 Å². The number of hydrogen-bond acceptors (Lipinski definition) is 4. The third kappa shape index (κ3) is 2.38. The third-order valence-electron chi connectivity index (χ3n) is 3.67. The van der Waals surface area contributed by atoms with Crippen molar-refractivity contribution in [3.8, 4) is 5.75 Å². The van der Waals surface area contributed by atoms with E-state index in [1.165, 1.54) is 10.6 Å². The van der Waals surface area contributed by atoms with Crippen LogP contribution in [0.15, 0.2) is 29.6 Å². The molecule has 2 aromatic rings. The summed E-state index contributed by atoms with van der Waals surface area (Å²) in [6.07, 6.45) is 1.01. The summed E-state index contributed by atoms with van der Waals surface area (Å²) in [4.78, 5) is 4.80. The van der Waals surface area contributed by atoms with Gasteiger partial charge in [-0.2, -0.15) is 0 Å². The number of fused-ring (bicyclic) bond motifs is 1. The fourth-order valence-corrected chi connectivity index (χ4v) is 3.47. The van der Waals surface area contributed by atoms with E-state index in [1.807, 2.05) is 19.2 Å². The van der Waals surface area contributed by atoms with Crippen molar-refractivity contribution in [3.63, 3.8) is 0 Å². The van der Waals surface area contributed by atoms with Crippen LogP contribution in [0.3, 0.4) is 0 Å². The molecule has 2 atom stereocenters. The Kier molecular flexibility index (Phi) is 3.53. The molecule has 1 N–H and O–H groups in total. The first kappa shape index (κ1) is 12.6. The van der Waals surface area contributed by atoms with E-state index in [0.29, 0.717) is 12.0 Å². The van der Waals surface area contributed by atoms with Crippen molar-refractivity contribution in [2.75, 3.05) is 13.7 Å². The second kappa shape index (κ2) is 5.31. The molecule has 0 saturated heterocycles.